The number of piperidine rings is 1. The molecule has 1 aliphatic rings. The van der Waals surface area contributed by atoms with Crippen LogP contribution in [0.5, 0.6) is 0 Å². The zero-order chi connectivity index (χ0) is 13.7. The quantitative estimate of drug-likeness (QED) is 0.856. The monoisotopic (exact) mass is 262 g/mol. The van der Waals surface area contributed by atoms with E-state index in [0.29, 0.717) is 12.1 Å². The van der Waals surface area contributed by atoms with Gasteiger partial charge < -0.3 is 15.3 Å². The first-order valence-corrected chi connectivity index (χ1v) is 7.47. The molecule has 1 aromatic rings. The molecule has 2 unspecified atom stereocenters. The van der Waals surface area contributed by atoms with Gasteiger partial charge in [0, 0.05) is 18.3 Å². The van der Waals surface area contributed by atoms with Crippen molar-refractivity contribution < 1.29 is 5.11 Å². The Morgan fingerprint density at radius 2 is 2.05 bits per heavy atom. The maximum atomic E-state index is 9.48. The fourth-order valence-electron chi connectivity index (χ4n) is 2.91. The van der Waals surface area contributed by atoms with Gasteiger partial charge in [0.25, 0.3) is 0 Å². The number of aliphatic hydroxyl groups is 1. The van der Waals surface area contributed by atoms with E-state index < -0.39 is 0 Å². The van der Waals surface area contributed by atoms with Crippen LogP contribution in [-0.2, 0) is 0 Å². The lowest BCUT2D eigenvalue weighted by Gasteiger charge is -2.36. The molecular formula is C16H26N2O. The van der Waals surface area contributed by atoms with E-state index in [-0.39, 0.29) is 6.61 Å². The van der Waals surface area contributed by atoms with E-state index in [1.165, 1.54) is 24.1 Å². The van der Waals surface area contributed by atoms with E-state index in [2.05, 4.69) is 48.3 Å². The van der Waals surface area contributed by atoms with Crippen LogP contribution in [0.1, 0.15) is 44.7 Å². The maximum absolute atomic E-state index is 9.48. The number of anilines is 1. The Hall–Kier alpha value is -1.06. The Morgan fingerprint density at radius 3 is 2.68 bits per heavy atom. The van der Waals surface area contributed by atoms with E-state index >= 15 is 0 Å². The van der Waals surface area contributed by atoms with Crippen molar-refractivity contribution in [1.82, 2.24) is 5.32 Å². The summed E-state index contributed by atoms with van der Waals surface area (Å²) in [5.41, 5.74) is 2.56. The van der Waals surface area contributed by atoms with Crippen LogP contribution in [0, 0.1) is 0 Å². The zero-order valence-corrected chi connectivity index (χ0v) is 12.1. The number of rotatable bonds is 5. The smallest absolute Gasteiger partial charge is 0.0635 e. The number of nitrogens with one attached hydrogen (secondary N) is 1. The van der Waals surface area contributed by atoms with Gasteiger partial charge in [0.2, 0.25) is 0 Å². The molecule has 0 saturated carbocycles. The lowest BCUT2D eigenvalue weighted by Crippen LogP contribution is -2.41. The summed E-state index contributed by atoms with van der Waals surface area (Å²) in [6, 6.07) is 9.48. The van der Waals surface area contributed by atoms with Crippen molar-refractivity contribution in [2.45, 2.75) is 45.2 Å². The lowest BCUT2D eigenvalue weighted by atomic mass is 10.0. The highest BCUT2D eigenvalue weighted by molar-refractivity contribution is 5.49. The maximum Gasteiger partial charge on any atom is 0.0635 e. The highest BCUT2D eigenvalue weighted by Gasteiger charge is 2.21. The molecule has 3 nitrogen and oxygen atoms in total. The van der Waals surface area contributed by atoms with Crippen molar-refractivity contribution in [3.63, 3.8) is 0 Å². The number of hydrogen-bond donors (Lipinski definition) is 2. The summed E-state index contributed by atoms with van der Waals surface area (Å²) in [6.45, 7) is 6.63. The molecule has 19 heavy (non-hydrogen) atoms. The molecule has 1 heterocycles. The molecule has 2 atom stereocenters. The zero-order valence-electron chi connectivity index (χ0n) is 12.1. The normalized spacial score (nSPS) is 21.4. The molecule has 106 valence electrons. The predicted molar refractivity (Wildman–Crippen MR) is 80.6 cm³/mol. The largest absolute Gasteiger partial charge is 0.394 e. The average Bonchev–Trinajstić information content (AvgIpc) is 2.47. The molecule has 0 bridgehead atoms. The third kappa shape index (κ3) is 3.48. The predicted octanol–water partition coefficient (Wildman–Crippen LogP) is 2.71. The van der Waals surface area contributed by atoms with Gasteiger partial charge in [-0.3, -0.25) is 0 Å². The van der Waals surface area contributed by atoms with E-state index in [4.69, 9.17) is 0 Å². The molecule has 1 saturated heterocycles. The van der Waals surface area contributed by atoms with Gasteiger partial charge in [-0.05, 0) is 50.4 Å². The van der Waals surface area contributed by atoms with Crippen LogP contribution in [0.3, 0.4) is 0 Å². The van der Waals surface area contributed by atoms with Crippen LogP contribution in [0.2, 0.25) is 0 Å². The Balaban J connectivity index is 2.08. The van der Waals surface area contributed by atoms with Gasteiger partial charge in [0.15, 0.2) is 0 Å². The summed E-state index contributed by atoms with van der Waals surface area (Å²) in [5.74, 6) is 0. The third-order valence-corrected chi connectivity index (χ3v) is 4.07. The van der Waals surface area contributed by atoms with Gasteiger partial charge in [-0.25, -0.2) is 0 Å². The minimum atomic E-state index is 0.259. The van der Waals surface area contributed by atoms with Crippen LogP contribution in [0.4, 0.5) is 5.69 Å². The minimum absolute atomic E-state index is 0.259. The van der Waals surface area contributed by atoms with E-state index in [1.54, 1.807) is 0 Å². The molecule has 3 heteroatoms. The van der Waals surface area contributed by atoms with E-state index in [9.17, 15) is 5.11 Å². The summed E-state index contributed by atoms with van der Waals surface area (Å²) < 4.78 is 0. The molecule has 0 radical (unpaired) electrons. The fourth-order valence-corrected chi connectivity index (χ4v) is 2.91. The van der Waals surface area contributed by atoms with Crippen LogP contribution in [0.25, 0.3) is 0 Å². The molecular weight excluding hydrogens is 236 g/mol. The van der Waals surface area contributed by atoms with Crippen LogP contribution >= 0.6 is 0 Å². The molecule has 1 aromatic carbocycles. The second-order valence-corrected chi connectivity index (χ2v) is 5.40. The van der Waals surface area contributed by atoms with Crippen molar-refractivity contribution in [2.24, 2.45) is 0 Å². The van der Waals surface area contributed by atoms with Crippen LogP contribution < -0.4 is 10.2 Å². The standard InChI is InChI=1S/C16H26N2O/c1-3-17-13(2)14-7-9-15(10-8-14)18-11-5-4-6-16(18)12-19/h7-10,13,16-17,19H,3-6,11-12H2,1-2H3. The Bertz CT molecular complexity index is 377. The third-order valence-electron chi connectivity index (χ3n) is 4.07. The highest BCUT2D eigenvalue weighted by Crippen LogP contribution is 2.26. The van der Waals surface area contributed by atoms with Crippen molar-refractivity contribution in [3.05, 3.63) is 29.8 Å². The Kier molecular flexibility index (Phi) is 5.23. The van der Waals surface area contributed by atoms with E-state index in [1.807, 2.05) is 0 Å². The first kappa shape index (κ1) is 14.4. The highest BCUT2D eigenvalue weighted by atomic mass is 16.3. The minimum Gasteiger partial charge on any atom is -0.394 e. The summed E-state index contributed by atoms with van der Waals surface area (Å²) in [5, 5.41) is 12.9. The summed E-state index contributed by atoms with van der Waals surface area (Å²) in [4.78, 5) is 2.35. The number of nitrogens with zero attached hydrogens (tertiary/aromatic N) is 1. The summed E-state index contributed by atoms with van der Waals surface area (Å²) in [6.07, 6.45) is 3.56. The molecule has 0 spiro atoms. The van der Waals surface area contributed by atoms with Crippen molar-refractivity contribution >= 4 is 5.69 Å². The molecule has 0 amide bonds. The van der Waals surface area contributed by atoms with Gasteiger partial charge in [-0.15, -0.1) is 0 Å². The second kappa shape index (κ2) is 6.92. The number of benzene rings is 1. The fraction of sp³-hybridized carbons (Fsp3) is 0.625. The number of aliphatic hydroxyl groups excluding tert-OH is 1. The van der Waals surface area contributed by atoms with Gasteiger partial charge in [0.05, 0.1) is 12.6 Å². The van der Waals surface area contributed by atoms with Crippen molar-refractivity contribution in [1.29, 1.82) is 0 Å². The lowest BCUT2D eigenvalue weighted by molar-refractivity contribution is 0.240. The van der Waals surface area contributed by atoms with Crippen LogP contribution in [0.15, 0.2) is 24.3 Å². The molecule has 0 aromatic heterocycles. The first-order valence-electron chi connectivity index (χ1n) is 7.47. The molecule has 2 rings (SSSR count). The van der Waals surface area contributed by atoms with Crippen molar-refractivity contribution in [3.8, 4) is 0 Å². The molecule has 2 N–H and O–H groups in total. The molecule has 0 aliphatic carbocycles. The van der Waals surface area contributed by atoms with Gasteiger partial charge >= 0.3 is 0 Å². The van der Waals surface area contributed by atoms with Gasteiger partial charge in [0.1, 0.15) is 0 Å². The topological polar surface area (TPSA) is 35.5 Å². The SMILES string of the molecule is CCNC(C)c1ccc(N2CCCCC2CO)cc1. The molecule has 1 aliphatic heterocycles. The number of hydrogen-bond acceptors (Lipinski definition) is 3. The molecule has 1 fully saturated rings. The summed E-state index contributed by atoms with van der Waals surface area (Å²) in [7, 11) is 0. The Labute approximate surface area is 116 Å². The van der Waals surface area contributed by atoms with Gasteiger partial charge in [-0.1, -0.05) is 19.1 Å². The van der Waals surface area contributed by atoms with Gasteiger partial charge in [-0.2, -0.15) is 0 Å². The average molecular weight is 262 g/mol. The summed E-state index contributed by atoms with van der Waals surface area (Å²) >= 11 is 0. The first-order chi connectivity index (χ1) is 9.26. The van der Waals surface area contributed by atoms with Crippen LogP contribution in [-0.4, -0.2) is 30.8 Å². The second-order valence-electron chi connectivity index (χ2n) is 5.40. The van der Waals surface area contributed by atoms with Crippen molar-refractivity contribution in [2.75, 3.05) is 24.6 Å². The Morgan fingerprint density at radius 1 is 1.32 bits per heavy atom. The van der Waals surface area contributed by atoms with E-state index in [0.717, 1.165) is 19.5 Å².